The van der Waals surface area contributed by atoms with Crippen LogP contribution in [0.3, 0.4) is 0 Å². The summed E-state index contributed by atoms with van der Waals surface area (Å²) in [5.41, 5.74) is 0.856. The molecule has 18 heavy (non-hydrogen) atoms. The molecular weight excluding hydrogens is 251 g/mol. The molecule has 1 N–H and O–H groups in total. The number of rotatable bonds is 4. The molecule has 1 saturated heterocycles. The van der Waals surface area contributed by atoms with Gasteiger partial charge in [0.05, 0.1) is 0 Å². The Labute approximate surface area is 113 Å². The van der Waals surface area contributed by atoms with E-state index in [9.17, 15) is 4.39 Å². The Morgan fingerprint density at radius 2 is 2.28 bits per heavy atom. The molecule has 0 amide bonds. The van der Waals surface area contributed by atoms with Crippen LogP contribution < -0.4 is 5.32 Å². The molecule has 1 unspecified atom stereocenters. The minimum absolute atomic E-state index is 0.224. The van der Waals surface area contributed by atoms with Crippen LogP contribution >= 0.6 is 11.6 Å². The van der Waals surface area contributed by atoms with Gasteiger partial charge in [0, 0.05) is 24.2 Å². The highest BCUT2D eigenvalue weighted by Gasteiger charge is 2.15. The summed E-state index contributed by atoms with van der Waals surface area (Å²) in [6.07, 6.45) is 3.80. The van der Waals surface area contributed by atoms with Crippen molar-refractivity contribution in [2.75, 3.05) is 20.1 Å². The van der Waals surface area contributed by atoms with Crippen LogP contribution in [0.5, 0.6) is 0 Å². The number of nitrogens with one attached hydrogen (secondary N) is 1. The number of benzene rings is 1. The predicted molar refractivity (Wildman–Crippen MR) is 73.4 cm³/mol. The minimum atomic E-state index is -0.224. The van der Waals surface area contributed by atoms with E-state index in [1.807, 2.05) is 0 Å². The highest BCUT2D eigenvalue weighted by Crippen LogP contribution is 2.19. The maximum atomic E-state index is 13.2. The summed E-state index contributed by atoms with van der Waals surface area (Å²) < 4.78 is 13.2. The molecule has 2 nitrogen and oxygen atoms in total. The van der Waals surface area contributed by atoms with Crippen molar-refractivity contribution in [2.24, 2.45) is 0 Å². The van der Waals surface area contributed by atoms with Crippen LogP contribution in [0.2, 0.25) is 5.02 Å². The summed E-state index contributed by atoms with van der Waals surface area (Å²) in [5, 5.41) is 4.15. The minimum Gasteiger partial charge on any atom is -0.313 e. The van der Waals surface area contributed by atoms with Crippen molar-refractivity contribution in [3.63, 3.8) is 0 Å². The Morgan fingerprint density at radius 1 is 1.44 bits per heavy atom. The molecule has 1 atom stereocenters. The fraction of sp³-hybridized carbons (Fsp3) is 0.571. The summed E-state index contributed by atoms with van der Waals surface area (Å²) in [5.74, 6) is -0.224. The van der Waals surface area contributed by atoms with Crippen molar-refractivity contribution in [3.8, 4) is 0 Å². The smallest absolute Gasteiger partial charge is 0.123 e. The van der Waals surface area contributed by atoms with Crippen molar-refractivity contribution in [1.82, 2.24) is 10.2 Å². The van der Waals surface area contributed by atoms with Crippen LogP contribution in [0.4, 0.5) is 4.39 Å². The highest BCUT2D eigenvalue weighted by atomic mass is 35.5. The second-order valence-corrected chi connectivity index (χ2v) is 5.49. The van der Waals surface area contributed by atoms with Gasteiger partial charge in [-0.05, 0) is 50.2 Å². The zero-order chi connectivity index (χ0) is 13.0. The summed E-state index contributed by atoms with van der Waals surface area (Å²) in [4.78, 5) is 2.20. The largest absolute Gasteiger partial charge is 0.313 e. The fourth-order valence-corrected chi connectivity index (χ4v) is 2.65. The third kappa shape index (κ3) is 3.94. The molecule has 0 radical (unpaired) electrons. The SMILES string of the molecule is CN(Cc1cc(F)ccc1Cl)CC1CCCCN1. The van der Waals surface area contributed by atoms with E-state index >= 15 is 0 Å². The molecule has 0 spiro atoms. The van der Waals surface area contributed by atoms with Crippen molar-refractivity contribution in [3.05, 3.63) is 34.6 Å². The second kappa shape index (κ2) is 6.50. The third-order valence-electron chi connectivity index (χ3n) is 3.39. The van der Waals surface area contributed by atoms with E-state index < -0.39 is 0 Å². The first-order valence-corrected chi connectivity index (χ1v) is 6.89. The quantitative estimate of drug-likeness (QED) is 0.905. The molecule has 100 valence electrons. The van der Waals surface area contributed by atoms with E-state index in [2.05, 4.69) is 17.3 Å². The zero-order valence-electron chi connectivity index (χ0n) is 10.8. The Hall–Kier alpha value is -0.640. The molecule has 0 aliphatic carbocycles. The predicted octanol–water partition coefficient (Wildman–Crippen LogP) is 3.05. The molecule has 1 heterocycles. The first kappa shape index (κ1) is 13.8. The van der Waals surface area contributed by atoms with Gasteiger partial charge >= 0.3 is 0 Å². The first-order chi connectivity index (χ1) is 8.65. The van der Waals surface area contributed by atoms with E-state index in [0.29, 0.717) is 17.6 Å². The van der Waals surface area contributed by atoms with Crippen molar-refractivity contribution >= 4 is 11.6 Å². The van der Waals surface area contributed by atoms with Crippen LogP contribution in [0.1, 0.15) is 24.8 Å². The van der Waals surface area contributed by atoms with Crippen LogP contribution in [-0.2, 0) is 6.54 Å². The molecule has 4 heteroatoms. The lowest BCUT2D eigenvalue weighted by Gasteiger charge is -2.28. The van der Waals surface area contributed by atoms with E-state index in [4.69, 9.17) is 11.6 Å². The van der Waals surface area contributed by atoms with Gasteiger partial charge in [-0.15, -0.1) is 0 Å². The summed E-state index contributed by atoms with van der Waals surface area (Å²) in [6, 6.07) is 5.09. The number of hydrogen-bond donors (Lipinski definition) is 1. The van der Waals surface area contributed by atoms with Gasteiger partial charge in [0.1, 0.15) is 5.82 Å². The van der Waals surface area contributed by atoms with Crippen LogP contribution in [-0.4, -0.2) is 31.1 Å². The Morgan fingerprint density at radius 3 is 3.00 bits per heavy atom. The summed E-state index contributed by atoms with van der Waals surface area (Å²) in [7, 11) is 2.05. The van der Waals surface area contributed by atoms with Gasteiger partial charge in [-0.2, -0.15) is 0 Å². The molecule has 0 saturated carbocycles. The van der Waals surface area contributed by atoms with Crippen LogP contribution in [0.15, 0.2) is 18.2 Å². The number of halogens is 2. The normalized spacial score (nSPS) is 20.3. The third-order valence-corrected chi connectivity index (χ3v) is 3.76. The van der Waals surface area contributed by atoms with E-state index in [1.54, 1.807) is 6.07 Å². The Bertz CT molecular complexity index is 391. The van der Waals surface area contributed by atoms with Gasteiger partial charge < -0.3 is 10.2 Å². The van der Waals surface area contributed by atoms with E-state index in [0.717, 1.165) is 18.7 Å². The topological polar surface area (TPSA) is 15.3 Å². The lowest BCUT2D eigenvalue weighted by Crippen LogP contribution is -2.42. The number of nitrogens with zero attached hydrogens (tertiary/aromatic N) is 1. The molecule has 1 fully saturated rings. The molecular formula is C14H20ClFN2. The molecule has 1 aromatic rings. The fourth-order valence-electron chi connectivity index (χ4n) is 2.48. The Balaban J connectivity index is 1.89. The standard InChI is InChI=1S/C14H20ClFN2/c1-18(10-13-4-2-3-7-17-13)9-11-8-12(16)5-6-14(11)15/h5-6,8,13,17H,2-4,7,9-10H2,1H3. The average Bonchev–Trinajstić information content (AvgIpc) is 2.35. The number of hydrogen-bond acceptors (Lipinski definition) is 2. The van der Waals surface area contributed by atoms with Gasteiger partial charge in [-0.3, -0.25) is 0 Å². The lowest BCUT2D eigenvalue weighted by molar-refractivity contribution is 0.256. The van der Waals surface area contributed by atoms with Crippen molar-refractivity contribution < 1.29 is 4.39 Å². The van der Waals surface area contributed by atoms with Gasteiger partial charge in [0.25, 0.3) is 0 Å². The molecule has 1 aliphatic heterocycles. The van der Waals surface area contributed by atoms with Crippen molar-refractivity contribution in [2.45, 2.75) is 31.8 Å². The second-order valence-electron chi connectivity index (χ2n) is 5.08. The van der Waals surface area contributed by atoms with E-state index in [-0.39, 0.29) is 5.82 Å². The zero-order valence-corrected chi connectivity index (χ0v) is 11.5. The average molecular weight is 271 g/mol. The van der Waals surface area contributed by atoms with Gasteiger partial charge in [0.15, 0.2) is 0 Å². The summed E-state index contributed by atoms with van der Waals surface area (Å²) >= 11 is 6.07. The molecule has 0 aromatic heterocycles. The van der Waals surface area contributed by atoms with Gasteiger partial charge in [-0.25, -0.2) is 4.39 Å². The lowest BCUT2D eigenvalue weighted by atomic mass is 10.0. The number of piperidine rings is 1. The van der Waals surface area contributed by atoms with Crippen LogP contribution in [0, 0.1) is 5.82 Å². The molecule has 0 bridgehead atoms. The molecule has 2 rings (SSSR count). The maximum absolute atomic E-state index is 13.2. The molecule has 1 aliphatic rings. The highest BCUT2D eigenvalue weighted by molar-refractivity contribution is 6.31. The number of likely N-dealkylation sites (N-methyl/N-ethyl adjacent to an activating group) is 1. The first-order valence-electron chi connectivity index (χ1n) is 6.51. The van der Waals surface area contributed by atoms with Crippen molar-refractivity contribution in [1.29, 1.82) is 0 Å². The van der Waals surface area contributed by atoms with Crippen LogP contribution in [0.25, 0.3) is 0 Å². The molecule has 1 aromatic carbocycles. The summed E-state index contributed by atoms with van der Waals surface area (Å²) in [6.45, 7) is 2.78. The van der Waals surface area contributed by atoms with E-state index in [1.165, 1.54) is 31.4 Å². The van der Waals surface area contributed by atoms with Gasteiger partial charge in [0.2, 0.25) is 0 Å². The maximum Gasteiger partial charge on any atom is 0.123 e. The monoisotopic (exact) mass is 270 g/mol. The Kier molecular flexibility index (Phi) is 4.98. The van der Waals surface area contributed by atoms with Gasteiger partial charge in [-0.1, -0.05) is 18.0 Å².